The fraction of sp³-hybridized carbons (Fsp3) is 0. The van der Waals surface area contributed by atoms with Crippen LogP contribution in [0.4, 0.5) is 0 Å². The average Bonchev–Trinajstić information content (AvgIpc) is 3.94. The molecule has 0 saturated carbocycles. The molecule has 3 nitrogen and oxygen atoms in total. The molecule has 0 unspecified atom stereocenters. The fourth-order valence-corrected chi connectivity index (χ4v) is 10.1. The van der Waals surface area contributed by atoms with Crippen molar-refractivity contribution in [2.45, 2.75) is 0 Å². The molecule has 0 amide bonds. The van der Waals surface area contributed by atoms with Crippen LogP contribution in [0.2, 0.25) is 0 Å². The summed E-state index contributed by atoms with van der Waals surface area (Å²) < 4.78 is 2.49. The first-order chi connectivity index (χ1) is 33.2. The van der Waals surface area contributed by atoms with Crippen LogP contribution in [0.3, 0.4) is 0 Å². The first-order valence-corrected chi connectivity index (χ1v) is 22.9. The Morgan fingerprint density at radius 3 is 1.39 bits per heavy atom. The van der Waals surface area contributed by atoms with Gasteiger partial charge in [0.05, 0.1) is 27.9 Å². The van der Waals surface area contributed by atoms with E-state index >= 15 is 0 Å². The first kappa shape index (κ1) is 38.5. The molecule has 3 heteroatoms. The summed E-state index contributed by atoms with van der Waals surface area (Å²) in [6.45, 7) is 0. The van der Waals surface area contributed by atoms with E-state index in [1.165, 1.54) is 65.9 Å². The SMILES string of the molecule is c1ccc(-c2cc(-c3cccc(-c4ccc5c6ccc(-c7ccccc7)c7c8ccccc8n(c5c4)c67)c3)cc(-c3cccc(-c4cc(-c5ccccc5)nc(-c5ccccc5)n4)c3)c2)cc1. The Balaban J connectivity index is 0.930. The summed E-state index contributed by atoms with van der Waals surface area (Å²) in [6.07, 6.45) is 0. The Labute approximate surface area is 388 Å². The lowest BCUT2D eigenvalue weighted by Crippen LogP contribution is -1.96. The molecule has 13 aromatic rings. The Hall–Kier alpha value is -8.92. The van der Waals surface area contributed by atoms with Crippen molar-refractivity contribution in [1.82, 2.24) is 14.4 Å². The summed E-state index contributed by atoms with van der Waals surface area (Å²) in [7, 11) is 0. The second kappa shape index (κ2) is 16.0. The van der Waals surface area contributed by atoms with Crippen LogP contribution in [0, 0.1) is 0 Å². The lowest BCUT2D eigenvalue weighted by molar-refractivity contribution is 1.18. The molecule has 0 saturated heterocycles. The van der Waals surface area contributed by atoms with E-state index in [1.807, 2.05) is 24.3 Å². The maximum absolute atomic E-state index is 5.16. The smallest absolute Gasteiger partial charge is 0.160 e. The van der Waals surface area contributed by atoms with E-state index in [9.17, 15) is 0 Å². The molecule has 0 spiro atoms. The highest BCUT2D eigenvalue weighted by molar-refractivity contribution is 6.27. The maximum atomic E-state index is 5.16. The van der Waals surface area contributed by atoms with Crippen molar-refractivity contribution in [2.75, 3.05) is 0 Å². The lowest BCUT2D eigenvalue weighted by atomic mass is 9.91. The number of aromatic nitrogens is 3. The van der Waals surface area contributed by atoms with Gasteiger partial charge >= 0.3 is 0 Å². The predicted octanol–water partition coefficient (Wildman–Crippen LogP) is 17.0. The zero-order valence-electron chi connectivity index (χ0n) is 36.5. The lowest BCUT2D eigenvalue weighted by Gasteiger charge is -2.14. The largest absolute Gasteiger partial charge is 0.308 e. The minimum atomic E-state index is 0.704. The van der Waals surface area contributed by atoms with Crippen molar-refractivity contribution in [3.8, 4) is 89.5 Å². The third-order valence-electron chi connectivity index (χ3n) is 13.3. The molecule has 0 atom stereocenters. The second-order valence-corrected chi connectivity index (χ2v) is 17.4. The van der Waals surface area contributed by atoms with Crippen LogP contribution in [0.15, 0.2) is 249 Å². The molecule has 0 aliphatic rings. The first-order valence-electron chi connectivity index (χ1n) is 22.9. The fourth-order valence-electron chi connectivity index (χ4n) is 10.1. The highest BCUT2D eigenvalue weighted by Gasteiger charge is 2.21. The van der Waals surface area contributed by atoms with Gasteiger partial charge in [0.1, 0.15) is 0 Å². The van der Waals surface area contributed by atoms with E-state index in [1.54, 1.807) is 0 Å². The van der Waals surface area contributed by atoms with Crippen molar-refractivity contribution in [3.05, 3.63) is 249 Å². The Morgan fingerprint density at radius 1 is 0.254 bits per heavy atom. The molecule has 0 bridgehead atoms. The summed E-state index contributed by atoms with van der Waals surface area (Å²) in [6, 6.07) is 89.4. The van der Waals surface area contributed by atoms with Crippen LogP contribution < -0.4 is 0 Å². The number of fused-ring (bicyclic) bond motifs is 6. The molecule has 0 aliphatic heterocycles. The van der Waals surface area contributed by atoms with Gasteiger partial charge in [0.25, 0.3) is 0 Å². The molecule has 10 aromatic carbocycles. The summed E-state index contributed by atoms with van der Waals surface area (Å²) in [4.78, 5) is 10.2. The van der Waals surface area contributed by atoms with E-state index in [4.69, 9.17) is 9.97 Å². The minimum Gasteiger partial charge on any atom is -0.308 e. The van der Waals surface area contributed by atoms with Gasteiger partial charge in [-0.15, -0.1) is 0 Å². The van der Waals surface area contributed by atoms with Gasteiger partial charge in [-0.25, -0.2) is 9.97 Å². The maximum Gasteiger partial charge on any atom is 0.160 e. The molecule has 13 rings (SSSR count). The van der Waals surface area contributed by atoms with Crippen LogP contribution in [0.25, 0.3) is 128 Å². The van der Waals surface area contributed by atoms with Gasteiger partial charge in [0, 0.05) is 38.2 Å². The average molecular weight is 852 g/mol. The Kier molecular flexibility index (Phi) is 9.17. The number of hydrogen-bond acceptors (Lipinski definition) is 2. The van der Waals surface area contributed by atoms with Crippen LogP contribution in [-0.4, -0.2) is 14.4 Å². The van der Waals surface area contributed by atoms with Gasteiger partial charge in [-0.1, -0.05) is 200 Å². The van der Waals surface area contributed by atoms with Gasteiger partial charge in [0.2, 0.25) is 0 Å². The number of para-hydroxylation sites is 1. The number of rotatable bonds is 8. The number of benzene rings is 10. The molecule has 3 aromatic heterocycles. The van der Waals surface area contributed by atoms with Gasteiger partial charge in [-0.05, 0) is 104 Å². The van der Waals surface area contributed by atoms with E-state index in [0.29, 0.717) is 5.82 Å². The third-order valence-corrected chi connectivity index (χ3v) is 13.3. The predicted molar refractivity (Wildman–Crippen MR) is 280 cm³/mol. The molecule has 3 heterocycles. The van der Waals surface area contributed by atoms with Crippen molar-refractivity contribution in [3.63, 3.8) is 0 Å². The normalized spacial score (nSPS) is 11.6. The topological polar surface area (TPSA) is 30.2 Å². The van der Waals surface area contributed by atoms with Crippen molar-refractivity contribution in [1.29, 1.82) is 0 Å². The third kappa shape index (κ3) is 6.76. The number of nitrogens with zero attached hydrogens (tertiary/aromatic N) is 3. The molecule has 0 aliphatic carbocycles. The van der Waals surface area contributed by atoms with Gasteiger partial charge < -0.3 is 4.40 Å². The highest BCUT2D eigenvalue weighted by Crippen LogP contribution is 2.45. The molecule has 0 radical (unpaired) electrons. The monoisotopic (exact) mass is 851 g/mol. The van der Waals surface area contributed by atoms with Gasteiger partial charge in [-0.2, -0.15) is 0 Å². The molecular weight excluding hydrogens is 811 g/mol. The van der Waals surface area contributed by atoms with Crippen molar-refractivity contribution >= 4 is 38.1 Å². The number of hydrogen-bond donors (Lipinski definition) is 0. The van der Waals surface area contributed by atoms with E-state index in [2.05, 4.69) is 229 Å². The summed E-state index contributed by atoms with van der Waals surface area (Å²) in [5.41, 5.74) is 20.3. The minimum absolute atomic E-state index is 0.704. The Morgan fingerprint density at radius 2 is 0.716 bits per heavy atom. The van der Waals surface area contributed by atoms with Crippen LogP contribution in [0.1, 0.15) is 0 Å². The van der Waals surface area contributed by atoms with Crippen molar-refractivity contribution < 1.29 is 0 Å². The summed E-state index contributed by atoms with van der Waals surface area (Å²) >= 11 is 0. The zero-order chi connectivity index (χ0) is 44.3. The standard InChI is InChI=1S/C64H41N3/c1-5-17-42(18-6-1)51-37-52(39-53(38-51)48-27-16-28-50(36-48)59-41-58(44-21-9-3-10-22-44)65-64(66-59)45-23-11-4-12-24-45)47-26-15-25-46(35-47)49-31-32-55-56-34-33-54(43-19-7-2-8-20-43)62-57-29-13-14-30-60(57)67(63(56)62)61(55)40-49/h1-41H. The second-order valence-electron chi connectivity index (χ2n) is 17.4. The van der Waals surface area contributed by atoms with Crippen molar-refractivity contribution in [2.24, 2.45) is 0 Å². The van der Waals surface area contributed by atoms with E-state index < -0.39 is 0 Å². The molecule has 312 valence electrons. The molecule has 67 heavy (non-hydrogen) atoms. The quantitative estimate of drug-likeness (QED) is 0.152. The summed E-state index contributed by atoms with van der Waals surface area (Å²) in [5, 5.41) is 5.14. The highest BCUT2D eigenvalue weighted by atomic mass is 14.9. The summed E-state index contributed by atoms with van der Waals surface area (Å²) in [5.74, 6) is 0.704. The molecule has 0 fully saturated rings. The van der Waals surface area contributed by atoms with Crippen LogP contribution >= 0.6 is 0 Å². The van der Waals surface area contributed by atoms with E-state index in [0.717, 1.165) is 55.9 Å². The molecule has 0 N–H and O–H groups in total. The zero-order valence-corrected chi connectivity index (χ0v) is 36.5. The Bertz CT molecular complexity index is 3890. The van der Waals surface area contributed by atoms with Gasteiger partial charge in [-0.3, -0.25) is 0 Å². The van der Waals surface area contributed by atoms with E-state index in [-0.39, 0.29) is 0 Å². The van der Waals surface area contributed by atoms with Crippen LogP contribution in [0.5, 0.6) is 0 Å². The van der Waals surface area contributed by atoms with Gasteiger partial charge in [0.15, 0.2) is 5.82 Å². The molecular formula is C64H41N3. The van der Waals surface area contributed by atoms with Crippen LogP contribution in [-0.2, 0) is 0 Å².